The average Bonchev–Trinajstić information content (AvgIpc) is 2.17. The maximum Gasteiger partial charge on any atom is 0.156 e. The number of halogens is 3. The van der Waals surface area contributed by atoms with Crippen LogP contribution in [0.1, 0.15) is 0 Å². The Morgan fingerprint density at radius 3 is 2.73 bits per heavy atom. The van der Waals surface area contributed by atoms with Crippen LogP contribution in [0.3, 0.4) is 0 Å². The molecule has 2 aromatic rings. The largest absolute Gasteiger partial charge is 0.494 e. The van der Waals surface area contributed by atoms with Crippen LogP contribution in [-0.2, 0) is 0 Å². The van der Waals surface area contributed by atoms with Gasteiger partial charge in [-0.1, -0.05) is 23.2 Å². The van der Waals surface area contributed by atoms with Crippen molar-refractivity contribution < 1.29 is 4.74 Å². The Morgan fingerprint density at radius 2 is 2.07 bits per heavy atom. The molecule has 0 bridgehead atoms. The molecular weight excluding hydrogens is 348 g/mol. The molecule has 2 nitrogen and oxygen atoms in total. The van der Waals surface area contributed by atoms with Crippen molar-refractivity contribution in [3.05, 3.63) is 32.1 Å². The molecule has 15 heavy (non-hydrogen) atoms. The van der Waals surface area contributed by atoms with Crippen molar-refractivity contribution >= 4 is 56.6 Å². The van der Waals surface area contributed by atoms with E-state index in [0.29, 0.717) is 15.8 Å². The van der Waals surface area contributed by atoms with Crippen molar-refractivity contribution in [1.82, 2.24) is 4.98 Å². The number of benzene rings is 1. The van der Waals surface area contributed by atoms with Crippen molar-refractivity contribution in [3.8, 4) is 5.75 Å². The molecular formula is C10H6Cl2INO. The predicted octanol–water partition coefficient (Wildman–Crippen LogP) is 4.15. The summed E-state index contributed by atoms with van der Waals surface area (Å²) < 4.78 is 6.13. The lowest BCUT2D eigenvalue weighted by Gasteiger charge is -2.09. The second-order valence-electron chi connectivity index (χ2n) is 2.93. The molecule has 0 saturated carbocycles. The number of fused-ring (bicyclic) bond motifs is 1. The minimum Gasteiger partial charge on any atom is -0.494 e. The normalized spacial score (nSPS) is 10.7. The van der Waals surface area contributed by atoms with E-state index in [1.165, 1.54) is 0 Å². The highest BCUT2D eigenvalue weighted by Gasteiger charge is 2.13. The molecule has 1 aromatic carbocycles. The molecule has 1 aromatic heterocycles. The first kappa shape index (κ1) is 11.2. The number of nitrogens with zero attached hydrogens (tertiary/aromatic N) is 1. The van der Waals surface area contributed by atoms with E-state index in [4.69, 9.17) is 27.9 Å². The van der Waals surface area contributed by atoms with Gasteiger partial charge in [0.2, 0.25) is 0 Å². The number of aromatic nitrogens is 1. The van der Waals surface area contributed by atoms with Gasteiger partial charge in [-0.2, -0.15) is 0 Å². The van der Waals surface area contributed by atoms with Gasteiger partial charge in [-0.3, -0.25) is 4.98 Å². The Morgan fingerprint density at radius 1 is 1.33 bits per heavy atom. The summed E-state index contributed by atoms with van der Waals surface area (Å²) in [7, 11) is 1.55. The number of rotatable bonds is 1. The van der Waals surface area contributed by atoms with E-state index in [1.54, 1.807) is 25.6 Å². The molecule has 0 aliphatic carbocycles. The number of ether oxygens (including phenoxy) is 1. The van der Waals surface area contributed by atoms with Gasteiger partial charge in [-0.05, 0) is 28.7 Å². The van der Waals surface area contributed by atoms with Gasteiger partial charge in [0.1, 0.15) is 0 Å². The molecule has 0 aliphatic heterocycles. The lowest BCUT2D eigenvalue weighted by atomic mass is 10.1. The second-order valence-corrected chi connectivity index (χ2v) is 4.87. The Hall–Kier alpha value is -0.260. The van der Waals surface area contributed by atoms with Crippen LogP contribution < -0.4 is 4.74 Å². The molecule has 2 rings (SSSR count). The molecule has 0 atom stereocenters. The highest BCUT2D eigenvalue weighted by Crippen LogP contribution is 2.40. The van der Waals surface area contributed by atoms with Gasteiger partial charge in [0.25, 0.3) is 0 Å². The summed E-state index contributed by atoms with van der Waals surface area (Å²) in [6.45, 7) is 0. The highest BCUT2D eigenvalue weighted by molar-refractivity contribution is 14.1. The monoisotopic (exact) mass is 353 g/mol. The van der Waals surface area contributed by atoms with Crippen LogP contribution in [-0.4, -0.2) is 12.1 Å². The molecule has 0 aliphatic rings. The Labute approximate surface area is 111 Å². The Balaban J connectivity index is 2.92. The van der Waals surface area contributed by atoms with E-state index in [1.807, 2.05) is 0 Å². The molecule has 0 spiro atoms. The molecule has 0 fully saturated rings. The maximum absolute atomic E-state index is 6.21. The number of hydrogen-bond donors (Lipinski definition) is 0. The van der Waals surface area contributed by atoms with Crippen molar-refractivity contribution in [2.45, 2.75) is 0 Å². The standard InChI is InChI=1S/C10H6Cl2INO/c1-15-10-6(11)2-5-3-14-4-7(13)8(5)9(10)12/h2-4H,1H3. The quantitative estimate of drug-likeness (QED) is 0.718. The fourth-order valence-electron chi connectivity index (χ4n) is 1.40. The fraction of sp³-hybridized carbons (Fsp3) is 0.100. The first-order chi connectivity index (χ1) is 7.15. The maximum atomic E-state index is 6.21. The van der Waals surface area contributed by atoms with Crippen LogP contribution in [0.4, 0.5) is 0 Å². The smallest absolute Gasteiger partial charge is 0.156 e. The van der Waals surface area contributed by atoms with Crippen LogP contribution >= 0.6 is 45.8 Å². The molecule has 5 heteroatoms. The summed E-state index contributed by atoms with van der Waals surface area (Å²) in [6, 6.07) is 1.80. The van der Waals surface area contributed by atoms with E-state index in [-0.39, 0.29) is 0 Å². The van der Waals surface area contributed by atoms with Crippen LogP contribution in [0.15, 0.2) is 18.5 Å². The number of pyridine rings is 1. The zero-order valence-corrected chi connectivity index (χ0v) is 11.4. The van der Waals surface area contributed by atoms with Crippen molar-refractivity contribution in [2.24, 2.45) is 0 Å². The van der Waals surface area contributed by atoms with Gasteiger partial charge >= 0.3 is 0 Å². The third kappa shape index (κ3) is 1.88. The van der Waals surface area contributed by atoms with E-state index < -0.39 is 0 Å². The second kappa shape index (κ2) is 4.31. The Bertz CT molecular complexity index is 530. The van der Waals surface area contributed by atoms with Crippen molar-refractivity contribution in [1.29, 1.82) is 0 Å². The summed E-state index contributed by atoms with van der Waals surface area (Å²) >= 11 is 14.4. The highest BCUT2D eigenvalue weighted by atomic mass is 127. The van der Waals surface area contributed by atoms with Gasteiger partial charge in [0.15, 0.2) is 5.75 Å². The van der Waals surface area contributed by atoms with Gasteiger partial charge in [0, 0.05) is 26.7 Å². The molecule has 0 unspecified atom stereocenters. The first-order valence-corrected chi connectivity index (χ1v) is 5.94. The molecule has 0 N–H and O–H groups in total. The molecule has 1 heterocycles. The Kier molecular flexibility index (Phi) is 3.23. The summed E-state index contributed by atoms with van der Waals surface area (Å²) in [5.74, 6) is 0.509. The zero-order valence-electron chi connectivity index (χ0n) is 7.72. The molecule has 0 radical (unpaired) electrons. The molecule has 0 saturated heterocycles. The van der Waals surface area contributed by atoms with E-state index in [0.717, 1.165) is 14.3 Å². The summed E-state index contributed by atoms with van der Waals surface area (Å²) in [5.41, 5.74) is 0. The third-order valence-electron chi connectivity index (χ3n) is 2.05. The minimum absolute atomic E-state index is 0.499. The molecule has 0 amide bonds. The lowest BCUT2D eigenvalue weighted by Crippen LogP contribution is -1.89. The van der Waals surface area contributed by atoms with Gasteiger partial charge < -0.3 is 4.74 Å². The van der Waals surface area contributed by atoms with Gasteiger partial charge in [-0.25, -0.2) is 0 Å². The first-order valence-electron chi connectivity index (χ1n) is 4.10. The number of methoxy groups -OCH3 is 1. The van der Waals surface area contributed by atoms with E-state index in [2.05, 4.69) is 27.6 Å². The predicted molar refractivity (Wildman–Crippen MR) is 71.0 cm³/mol. The third-order valence-corrected chi connectivity index (χ3v) is 3.51. The van der Waals surface area contributed by atoms with Crippen LogP contribution in [0, 0.1) is 3.57 Å². The van der Waals surface area contributed by atoms with Crippen molar-refractivity contribution in [3.63, 3.8) is 0 Å². The lowest BCUT2D eigenvalue weighted by molar-refractivity contribution is 0.416. The minimum atomic E-state index is 0.499. The van der Waals surface area contributed by atoms with Gasteiger partial charge in [0.05, 0.1) is 17.2 Å². The van der Waals surface area contributed by atoms with Crippen LogP contribution in [0.2, 0.25) is 10.0 Å². The van der Waals surface area contributed by atoms with Crippen LogP contribution in [0.25, 0.3) is 10.8 Å². The van der Waals surface area contributed by atoms with Crippen LogP contribution in [0.5, 0.6) is 5.75 Å². The van der Waals surface area contributed by atoms with Crippen molar-refractivity contribution in [2.75, 3.05) is 7.11 Å². The fourth-order valence-corrected chi connectivity index (χ4v) is 3.03. The average molecular weight is 354 g/mol. The topological polar surface area (TPSA) is 22.1 Å². The van der Waals surface area contributed by atoms with E-state index in [9.17, 15) is 0 Å². The summed E-state index contributed by atoms with van der Waals surface area (Å²) in [6.07, 6.45) is 3.48. The summed E-state index contributed by atoms with van der Waals surface area (Å²) in [4.78, 5) is 4.08. The van der Waals surface area contributed by atoms with Gasteiger partial charge in [-0.15, -0.1) is 0 Å². The zero-order chi connectivity index (χ0) is 11.0. The SMILES string of the molecule is COc1c(Cl)cc2cncc(I)c2c1Cl. The molecule has 78 valence electrons. The van der Waals surface area contributed by atoms with E-state index >= 15 is 0 Å². The number of hydrogen-bond acceptors (Lipinski definition) is 2. The summed E-state index contributed by atoms with van der Waals surface area (Å²) in [5, 5.41) is 2.87.